The van der Waals surface area contributed by atoms with E-state index < -0.39 is 0 Å². The Bertz CT molecular complexity index is 543. The number of amides is 1. The summed E-state index contributed by atoms with van der Waals surface area (Å²) in [6, 6.07) is 9.93. The third-order valence-electron chi connectivity index (χ3n) is 4.64. The fourth-order valence-electron chi connectivity index (χ4n) is 3.47. The number of anilines is 1. The SMILES string of the molecule is C=CCN(C(=O)CN1CCCCC1C1OCCO1)c1ccccc1. The van der Waals surface area contributed by atoms with Crippen molar-refractivity contribution < 1.29 is 14.3 Å². The van der Waals surface area contributed by atoms with Gasteiger partial charge in [-0.15, -0.1) is 6.58 Å². The number of rotatable bonds is 6. The van der Waals surface area contributed by atoms with Crippen molar-refractivity contribution in [3.05, 3.63) is 43.0 Å². The van der Waals surface area contributed by atoms with Gasteiger partial charge < -0.3 is 14.4 Å². The maximum Gasteiger partial charge on any atom is 0.241 e. The summed E-state index contributed by atoms with van der Waals surface area (Å²) in [7, 11) is 0. The normalized spacial score (nSPS) is 22.4. The molecule has 0 bridgehead atoms. The number of para-hydroxylation sites is 1. The van der Waals surface area contributed by atoms with Crippen LogP contribution in [0.1, 0.15) is 19.3 Å². The maximum absolute atomic E-state index is 12.9. The van der Waals surface area contributed by atoms with E-state index in [0.29, 0.717) is 26.3 Å². The quantitative estimate of drug-likeness (QED) is 0.751. The smallest absolute Gasteiger partial charge is 0.241 e. The zero-order valence-corrected chi connectivity index (χ0v) is 14.1. The van der Waals surface area contributed by atoms with Gasteiger partial charge in [-0.2, -0.15) is 0 Å². The Labute approximate surface area is 143 Å². The van der Waals surface area contributed by atoms with Crippen LogP contribution in [0.15, 0.2) is 43.0 Å². The molecule has 24 heavy (non-hydrogen) atoms. The van der Waals surface area contributed by atoms with Gasteiger partial charge in [0.15, 0.2) is 6.29 Å². The first-order valence-electron chi connectivity index (χ1n) is 8.73. The lowest BCUT2D eigenvalue weighted by Gasteiger charge is -2.38. The summed E-state index contributed by atoms with van der Waals surface area (Å²) in [6.45, 7) is 6.89. The van der Waals surface area contributed by atoms with E-state index in [1.54, 1.807) is 11.0 Å². The van der Waals surface area contributed by atoms with Crippen LogP contribution in [0.2, 0.25) is 0 Å². The highest BCUT2D eigenvalue weighted by atomic mass is 16.7. The number of carbonyl (C=O) groups is 1. The van der Waals surface area contributed by atoms with E-state index in [1.807, 2.05) is 30.3 Å². The van der Waals surface area contributed by atoms with Crippen LogP contribution in [0.3, 0.4) is 0 Å². The highest BCUT2D eigenvalue weighted by Gasteiger charge is 2.35. The second-order valence-electron chi connectivity index (χ2n) is 6.27. The fraction of sp³-hybridized carbons (Fsp3) is 0.526. The van der Waals surface area contributed by atoms with Gasteiger partial charge in [0.1, 0.15) is 0 Å². The molecule has 5 nitrogen and oxygen atoms in total. The fourth-order valence-corrected chi connectivity index (χ4v) is 3.47. The number of hydrogen-bond donors (Lipinski definition) is 0. The Hall–Kier alpha value is -1.69. The van der Waals surface area contributed by atoms with Crippen molar-refractivity contribution in [3.8, 4) is 0 Å². The number of likely N-dealkylation sites (tertiary alicyclic amines) is 1. The van der Waals surface area contributed by atoms with E-state index in [1.165, 1.54) is 0 Å². The first kappa shape index (κ1) is 17.1. The molecular weight excluding hydrogens is 304 g/mol. The van der Waals surface area contributed by atoms with Gasteiger partial charge in [-0.25, -0.2) is 0 Å². The van der Waals surface area contributed by atoms with Gasteiger partial charge >= 0.3 is 0 Å². The minimum absolute atomic E-state index is 0.0889. The largest absolute Gasteiger partial charge is 0.349 e. The predicted molar refractivity (Wildman–Crippen MR) is 93.9 cm³/mol. The molecule has 2 fully saturated rings. The lowest BCUT2D eigenvalue weighted by atomic mass is 10.0. The number of ether oxygens (including phenoxy) is 2. The monoisotopic (exact) mass is 330 g/mol. The molecule has 2 saturated heterocycles. The molecule has 0 saturated carbocycles. The molecule has 1 aromatic rings. The van der Waals surface area contributed by atoms with Crippen molar-refractivity contribution in [2.75, 3.05) is 37.7 Å². The lowest BCUT2D eigenvalue weighted by molar-refractivity contribution is -0.129. The van der Waals surface area contributed by atoms with Crippen molar-refractivity contribution in [3.63, 3.8) is 0 Å². The van der Waals surface area contributed by atoms with Gasteiger partial charge in [-0.1, -0.05) is 30.7 Å². The van der Waals surface area contributed by atoms with Crippen LogP contribution in [-0.4, -0.2) is 56.0 Å². The molecule has 2 aliphatic heterocycles. The third kappa shape index (κ3) is 4.04. The summed E-state index contributed by atoms with van der Waals surface area (Å²) < 4.78 is 11.4. The number of carbonyl (C=O) groups excluding carboxylic acids is 1. The molecule has 3 rings (SSSR count). The van der Waals surface area contributed by atoms with Crippen molar-refractivity contribution in [1.82, 2.24) is 4.90 Å². The Morgan fingerprint density at radius 1 is 1.25 bits per heavy atom. The molecule has 1 aromatic carbocycles. The summed E-state index contributed by atoms with van der Waals surface area (Å²) >= 11 is 0. The topological polar surface area (TPSA) is 42.0 Å². The molecule has 2 aliphatic rings. The molecule has 0 N–H and O–H groups in total. The average molecular weight is 330 g/mol. The molecular formula is C19H26N2O3. The number of piperidine rings is 1. The second kappa shape index (κ2) is 8.42. The zero-order chi connectivity index (χ0) is 16.8. The Balaban J connectivity index is 1.69. The van der Waals surface area contributed by atoms with Gasteiger partial charge in [0, 0.05) is 12.2 Å². The highest BCUT2D eigenvalue weighted by Crippen LogP contribution is 2.25. The van der Waals surface area contributed by atoms with Crippen LogP contribution in [0.25, 0.3) is 0 Å². The van der Waals surface area contributed by atoms with E-state index in [9.17, 15) is 4.79 Å². The minimum Gasteiger partial charge on any atom is -0.349 e. The van der Waals surface area contributed by atoms with Crippen LogP contribution in [0.4, 0.5) is 5.69 Å². The summed E-state index contributed by atoms with van der Waals surface area (Å²) in [5.41, 5.74) is 0.907. The van der Waals surface area contributed by atoms with Crippen molar-refractivity contribution in [1.29, 1.82) is 0 Å². The maximum atomic E-state index is 12.9. The molecule has 2 heterocycles. The van der Waals surface area contributed by atoms with Crippen LogP contribution in [-0.2, 0) is 14.3 Å². The Kier molecular flexibility index (Phi) is 6.01. The number of hydrogen-bond acceptors (Lipinski definition) is 4. The van der Waals surface area contributed by atoms with Gasteiger partial charge in [0.2, 0.25) is 5.91 Å². The Morgan fingerprint density at radius 3 is 2.71 bits per heavy atom. The van der Waals surface area contributed by atoms with Crippen LogP contribution < -0.4 is 4.90 Å². The van der Waals surface area contributed by atoms with E-state index in [4.69, 9.17) is 9.47 Å². The van der Waals surface area contributed by atoms with E-state index in [0.717, 1.165) is 31.5 Å². The summed E-state index contributed by atoms with van der Waals surface area (Å²) in [4.78, 5) is 16.9. The third-order valence-corrected chi connectivity index (χ3v) is 4.64. The first-order valence-corrected chi connectivity index (χ1v) is 8.73. The van der Waals surface area contributed by atoms with E-state index in [2.05, 4.69) is 11.5 Å². The van der Waals surface area contributed by atoms with Gasteiger partial charge in [-0.3, -0.25) is 9.69 Å². The molecule has 0 spiro atoms. The highest BCUT2D eigenvalue weighted by molar-refractivity contribution is 5.95. The summed E-state index contributed by atoms with van der Waals surface area (Å²) in [5, 5.41) is 0. The Morgan fingerprint density at radius 2 is 2.00 bits per heavy atom. The van der Waals surface area contributed by atoms with Crippen molar-refractivity contribution >= 4 is 11.6 Å². The van der Waals surface area contributed by atoms with Gasteiger partial charge in [-0.05, 0) is 31.5 Å². The standard InChI is InChI=1S/C19H26N2O3/c1-2-11-21(16-8-4-3-5-9-16)18(22)15-20-12-7-6-10-17(20)19-23-13-14-24-19/h2-5,8-9,17,19H,1,6-7,10-15H2. The van der Waals surface area contributed by atoms with Crippen LogP contribution in [0.5, 0.6) is 0 Å². The number of nitrogens with zero attached hydrogens (tertiary/aromatic N) is 2. The molecule has 0 aliphatic carbocycles. The summed E-state index contributed by atoms with van der Waals surface area (Å²) in [6.07, 6.45) is 4.87. The zero-order valence-electron chi connectivity index (χ0n) is 14.1. The molecule has 1 atom stereocenters. The predicted octanol–water partition coefficient (Wildman–Crippen LogP) is 2.43. The van der Waals surface area contributed by atoms with Crippen LogP contribution >= 0.6 is 0 Å². The van der Waals surface area contributed by atoms with E-state index >= 15 is 0 Å². The van der Waals surface area contributed by atoms with Crippen molar-refractivity contribution in [2.24, 2.45) is 0 Å². The minimum atomic E-state index is -0.192. The summed E-state index contributed by atoms with van der Waals surface area (Å²) in [5.74, 6) is 0.0889. The first-order chi connectivity index (χ1) is 11.8. The van der Waals surface area contributed by atoms with Crippen molar-refractivity contribution in [2.45, 2.75) is 31.6 Å². The number of benzene rings is 1. The molecule has 130 valence electrons. The molecule has 0 radical (unpaired) electrons. The van der Waals surface area contributed by atoms with Crippen LogP contribution in [0, 0.1) is 0 Å². The van der Waals surface area contributed by atoms with Gasteiger partial charge in [0.25, 0.3) is 0 Å². The van der Waals surface area contributed by atoms with Gasteiger partial charge in [0.05, 0.1) is 25.8 Å². The van der Waals surface area contributed by atoms with E-state index in [-0.39, 0.29) is 18.2 Å². The molecule has 1 unspecified atom stereocenters. The second-order valence-corrected chi connectivity index (χ2v) is 6.27. The molecule has 5 heteroatoms. The average Bonchev–Trinajstić information content (AvgIpc) is 3.15. The molecule has 1 amide bonds. The molecule has 0 aromatic heterocycles. The lowest BCUT2D eigenvalue weighted by Crippen LogP contribution is -2.51.